The van der Waals surface area contributed by atoms with Crippen LogP contribution in [0.15, 0.2) is 73.7 Å². The van der Waals surface area contributed by atoms with E-state index in [0.29, 0.717) is 51.2 Å². The first-order valence-corrected chi connectivity index (χ1v) is 13.0. The van der Waals surface area contributed by atoms with Gasteiger partial charge in [-0.3, -0.25) is 14.6 Å². The summed E-state index contributed by atoms with van der Waals surface area (Å²) in [6.45, 7) is 5.84. The molecule has 11 nitrogen and oxygen atoms in total. The van der Waals surface area contributed by atoms with E-state index in [0.717, 1.165) is 11.8 Å². The Hall–Kier alpha value is -4.74. The van der Waals surface area contributed by atoms with Crippen LogP contribution in [0.5, 0.6) is 11.5 Å². The Bertz CT molecular complexity index is 1540. The quantitative estimate of drug-likeness (QED) is 0.153. The number of methoxy groups -OCH3 is 1. The van der Waals surface area contributed by atoms with E-state index < -0.39 is 17.9 Å². The number of anilines is 3. The van der Waals surface area contributed by atoms with Gasteiger partial charge in [-0.1, -0.05) is 24.2 Å². The van der Waals surface area contributed by atoms with Gasteiger partial charge in [0.25, 0.3) is 0 Å². The summed E-state index contributed by atoms with van der Waals surface area (Å²) in [7, 11) is 1.56. The number of aromatic nitrogens is 3. The summed E-state index contributed by atoms with van der Waals surface area (Å²) in [6.07, 6.45) is 4.21. The molecule has 0 aliphatic rings. The van der Waals surface area contributed by atoms with E-state index in [-0.39, 0.29) is 13.2 Å². The minimum atomic E-state index is -0.826. The van der Waals surface area contributed by atoms with E-state index in [4.69, 9.17) is 25.8 Å². The molecule has 2 amide bonds. The molecule has 3 N–H and O–H groups in total. The first kappa shape index (κ1) is 29.2. The number of halogens is 1. The third kappa shape index (κ3) is 7.90. The Labute approximate surface area is 241 Å². The number of fused-ring (bicyclic) bond motifs is 1. The summed E-state index contributed by atoms with van der Waals surface area (Å²) in [5, 5.41) is 9.62. The zero-order valence-corrected chi connectivity index (χ0v) is 23.3. The molecule has 0 fully saturated rings. The molecule has 0 spiro atoms. The van der Waals surface area contributed by atoms with Crippen LogP contribution < -0.4 is 25.4 Å². The van der Waals surface area contributed by atoms with Crippen molar-refractivity contribution < 1.29 is 23.8 Å². The van der Waals surface area contributed by atoms with Gasteiger partial charge in [0.05, 0.1) is 28.5 Å². The number of rotatable bonds is 13. The summed E-state index contributed by atoms with van der Waals surface area (Å²) in [6, 6.07) is 13.4. The third-order valence-electron chi connectivity index (χ3n) is 5.77. The lowest BCUT2D eigenvalue weighted by Crippen LogP contribution is -2.40. The number of hydrogen-bond donors (Lipinski definition) is 3. The lowest BCUT2D eigenvalue weighted by atomic mass is 10.1. The molecule has 4 aromatic rings. The van der Waals surface area contributed by atoms with E-state index in [2.05, 4.69) is 37.5 Å². The second-order valence-electron chi connectivity index (χ2n) is 8.73. The molecule has 0 aliphatic carbocycles. The summed E-state index contributed by atoms with van der Waals surface area (Å²) in [5.74, 6) is 0.452. The molecule has 12 heteroatoms. The Morgan fingerprint density at radius 2 is 1.90 bits per heavy atom. The van der Waals surface area contributed by atoms with Gasteiger partial charge >= 0.3 is 0 Å². The molecule has 212 valence electrons. The molecule has 0 radical (unpaired) electrons. The largest absolute Gasteiger partial charge is 0.489 e. The number of pyridine rings is 1. The van der Waals surface area contributed by atoms with E-state index in [9.17, 15) is 9.59 Å². The van der Waals surface area contributed by atoms with Crippen LogP contribution in [0.2, 0.25) is 5.02 Å². The number of carbonyl (C=O) groups excluding carboxylic acids is 2. The lowest BCUT2D eigenvalue weighted by molar-refractivity contribution is -0.123. The zero-order chi connectivity index (χ0) is 29.2. The van der Waals surface area contributed by atoms with E-state index >= 15 is 0 Å². The van der Waals surface area contributed by atoms with E-state index in [1.54, 1.807) is 44.5 Å². The van der Waals surface area contributed by atoms with Crippen LogP contribution in [0, 0.1) is 0 Å². The first-order valence-electron chi connectivity index (χ1n) is 12.6. The number of carbonyl (C=O) groups is 2. The molecule has 0 saturated heterocycles. The highest BCUT2D eigenvalue weighted by molar-refractivity contribution is 6.32. The second-order valence-corrected chi connectivity index (χ2v) is 9.14. The van der Waals surface area contributed by atoms with Gasteiger partial charge in [-0.15, -0.1) is 0 Å². The van der Waals surface area contributed by atoms with E-state index in [1.165, 1.54) is 6.33 Å². The maximum absolute atomic E-state index is 12.9. The Balaban J connectivity index is 1.58. The standard InChI is InChI=1S/C29H29ClN6O5/c1-4-27(37)34-18(2)29(38)36-24-14-21-23(15-26(24)40-12-11-39-3)32-17-33-28(21)35-19-8-9-25(22(30)13-19)41-16-20-7-5-6-10-31-20/h4-10,13-15,17-18H,1,11-12,16H2,2-3H3,(H,34,37)(H,36,38)(H,32,33,35). The fourth-order valence-corrected chi connectivity index (χ4v) is 3.92. The molecule has 41 heavy (non-hydrogen) atoms. The molecule has 0 aliphatic heterocycles. The van der Waals surface area contributed by atoms with Gasteiger partial charge in [0.1, 0.15) is 42.9 Å². The normalized spacial score (nSPS) is 11.4. The number of nitrogens with one attached hydrogen (secondary N) is 3. The fourth-order valence-electron chi connectivity index (χ4n) is 3.68. The molecular formula is C29H29ClN6O5. The highest BCUT2D eigenvalue weighted by atomic mass is 35.5. The van der Waals surface area contributed by atoms with Crippen LogP contribution in [0.25, 0.3) is 10.9 Å². The van der Waals surface area contributed by atoms with Gasteiger partial charge in [0, 0.05) is 30.4 Å². The van der Waals surface area contributed by atoms with Crippen molar-refractivity contribution in [1.82, 2.24) is 20.3 Å². The van der Waals surface area contributed by atoms with Crippen LogP contribution >= 0.6 is 11.6 Å². The van der Waals surface area contributed by atoms with Crippen molar-refractivity contribution in [2.75, 3.05) is 31.0 Å². The number of ether oxygens (including phenoxy) is 3. The van der Waals surface area contributed by atoms with Crippen LogP contribution in [0.3, 0.4) is 0 Å². The van der Waals surface area contributed by atoms with Gasteiger partial charge in [-0.2, -0.15) is 0 Å². The minimum absolute atomic E-state index is 0.247. The summed E-state index contributed by atoms with van der Waals surface area (Å²) in [4.78, 5) is 37.5. The summed E-state index contributed by atoms with van der Waals surface area (Å²) >= 11 is 6.49. The predicted molar refractivity (Wildman–Crippen MR) is 157 cm³/mol. The molecule has 2 heterocycles. The number of benzene rings is 2. The highest BCUT2D eigenvalue weighted by Crippen LogP contribution is 2.35. The molecule has 1 unspecified atom stereocenters. The van der Waals surface area contributed by atoms with Crippen molar-refractivity contribution in [1.29, 1.82) is 0 Å². The summed E-state index contributed by atoms with van der Waals surface area (Å²) in [5.41, 5.74) is 2.38. The van der Waals surface area contributed by atoms with Crippen LogP contribution in [-0.2, 0) is 20.9 Å². The van der Waals surface area contributed by atoms with Crippen molar-refractivity contribution in [3.05, 3.63) is 84.4 Å². The SMILES string of the molecule is C=CC(=O)NC(C)C(=O)Nc1cc2c(Nc3ccc(OCc4ccccn4)c(Cl)c3)ncnc2cc1OCCOC. The van der Waals surface area contributed by atoms with Crippen molar-refractivity contribution in [2.24, 2.45) is 0 Å². The predicted octanol–water partition coefficient (Wildman–Crippen LogP) is 4.66. The van der Waals surface area contributed by atoms with Gasteiger partial charge in [-0.05, 0) is 49.4 Å². The van der Waals surface area contributed by atoms with Crippen LogP contribution in [0.4, 0.5) is 17.2 Å². The Morgan fingerprint density at radius 3 is 2.63 bits per heavy atom. The monoisotopic (exact) mass is 576 g/mol. The zero-order valence-electron chi connectivity index (χ0n) is 22.5. The Morgan fingerprint density at radius 1 is 1.05 bits per heavy atom. The molecule has 2 aromatic heterocycles. The molecule has 4 rings (SSSR count). The molecule has 0 saturated carbocycles. The molecular weight excluding hydrogens is 548 g/mol. The molecule has 2 aromatic carbocycles. The third-order valence-corrected chi connectivity index (χ3v) is 6.07. The average Bonchev–Trinajstić information content (AvgIpc) is 2.97. The van der Waals surface area contributed by atoms with E-state index in [1.807, 2.05) is 24.3 Å². The minimum Gasteiger partial charge on any atom is -0.489 e. The van der Waals surface area contributed by atoms with Crippen molar-refractivity contribution in [3.8, 4) is 11.5 Å². The number of amides is 2. The van der Waals surface area contributed by atoms with Crippen molar-refractivity contribution >= 4 is 51.5 Å². The molecule has 0 bridgehead atoms. The lowest BCUT2D eigenvalue weighted by Gasteiger charge is -2.17. The Kier molecular flexibility index (Phi) is 10.0. The van der Waals surface area contributed by atoms with Crippen molar-refractivity contribution in [2.45, 2.75) is 19.6 Å². The van der Waals surface area contributed by atoms with Gasteiger partial charge in [0.15, 0.2) is 0 Å². The second kappa shape index (κ2) is 14.1. The van der Waals surface area contributed by atoms with Crippen molar-refractivity contribution in [3.63, 3.8) is 0 Å². The smallest absolute Gasteiger partial charge is 0.246 e. The number of nitrogens with zero attached hydrogens (tertiary/aromatic N) is 3. The maximum atomic E-state index is 12.9. The van der Waals surface area contributed by atoms with Gasteiger partial charge < -0.3 is 30.2 Å². The summed E-state index contributed by atoms with van der Waals surface area (Å²) < 4.78 is 16.7. The maximum Gasteiger partial charge on any atom is 0.246 e. The average molecular weight is 577 g/mol. The van der Waals surface area contributed by atoms with Gasteiger partial charge in [0.2, 0.25) is 11.8 Å². The fraction of sp³-hybridized carbons (Fsp3) is 0.207. The molecule has 1 atom stereocenters. The first-order chi connectivity index (χ1) is 19.9. The van der Waals surface area contributed by atoms with Crippen LogP contribution in [0.1, 0.15) is 12.6 Å². The highest BCUT2D eigenvalue weighted by Gasteiger charge is 2.18. The van der Waals surface area contributed by atoms with Gasteiger partial charge in [-0.25, -0.2) is 9.97 Å². The van der Waals surface area contributed by atoms with Crippen LogP contribution in [-0.4, -0.2) is 53.1 Å². The topological polar surface area (TPSA) is 137 Å². The number of hydrogen-bond acceptors (Lipinski definition) is 9.